The van der Waals surface area contributed by atoms with E-state index in [4.69, 9.17) is 16.3 Å². The highest BCUT2D eigenvalue weighted by Gasteiger charge is 2.32. The number of thioether (sulfide) groups is 1. The van der Waals surface area contributed by atoms with E-state index in [1.807, 2.05) is 6.07 Å². The van der Waals surface area contributed by atoms with Crippen LogP contribution in [0.3, 0.4) is 0 Å². The lowest BCUT2D eigenvalue weighted by Crippen LogP contribution is -2.28. The molecular weight excluding hydrogens is 460 g/mol. The summed E-state index contributed by atoms with van der Waals surface area (Å²) < 4.78 is 5.58. The van der Waals surface area contributed by atoms with Crippen LogP contribution in [0, 0.1) is 0 Å². The first-order valence-electron chi connectivity index (χ1n) is 9.28. The first-order valence-corrected chi connectivity index (χ1v) is 11.4. The lowest BCUT2D eigenvalue weighted by atomic mass is 10.2. The molecule has 0 unspecified atom stereocenters. The second-order valence-electron chi connectivity index (χ2n) is 6.34. The second-order valence-corrected chi connectivity index (χ2v) is 9.25. The van der Waals surface area contributed by atoms with Gasteiger partial charge in [0.15, 0.2) is 5.17 Å². The smallest absolute Gasteiger partial charge is 0.338 e. The Morgan fingerprint density at radius 3 is 2.61 bits per heavy atom. The third-order valence-electron chi connectivity index (χ3n) is 4.05. The number of ether oxygens (including phenoxy) is 1. The second kappa shape index (κ2) is 10.6. The van der Waals surface area contributed by atoms with Gasteiger partial charge in [-0.05, 0) is 50.2 Å². The highest BCUT2D eigenvalue weighted by molar-refractivity contribution is 8.15. The summed E-state index contributed by atoms with van der Waals surface area (Å²) in [5.74, 6) is -1.06. The van der Waals surface area contributed by atoms with Crippen molar-refractivity contribution in [1.82, 2.24) is 5.32 Å². The molecule has 1 atom stereocenters. The van der Waals surface area contributed by atoms with Gasteiger partial charge in [-0.2, -0.15) is 5.10 Å². The third kappa shape index (κ3) is 6.39. The molecule has 31 heavy (non-hydrogen) atoms. The molecule has 1 aromatic heterocycles. The molecule has 8 nitrogen and oxygen atoms in total. The van der Waals surface area contributed by atoms with Crippen LogP contribution in [0.4, 0.5) is 5.69 Å². The fourth-order valence-electron chi connectivity index (χ4n) is 2.55. The minimum absolute atomic E-state index is 0.0294. The van der Waals surface area contributed by atoms with Crippen LogP contribution in [-0.4, -0.2) is 40.5 Å². The van der Waals surface area contributed by atoms with Gasteiger partial charge < -0.3 is 15.4 Å². The molecule has 1 fully saturated rings. The average Bonchev–Trinajstić information content (AvgIpc) is 3.32. The topological polar surface area (TPSA) is 109 Å². The van der Waals surface area contributed by atoms with Crippen molar-refractivity contribution in [3.05, 3.63) is 51.2 Å². The fourth-order valence-corrected chi connectivity index (χ4v) is 4.45. The Hall–Kier alpha value is -2.69. The normalized spacial score (nSPS) is 17.5. The number of carbonyl (C=O) groups is 3. The number of hydrogen-bond acceptors (Lipinski definition) is 8. The van der Waals surface area contributed by atoms with E-state index in [0.717, 1.165) is 16.6 Å². The number of thiophene rings is 1. The molecule has 2 aromatic rings. The quantitative estimate of drug-likeness (QED) is 0.356. The molecular formula is C20H19ClN4O4S2. The molecule has 0 saturated carbocycles. The Bertz CT molecular complexity index is 1050. The highest BCUT2D eigenvalue weighted by atomic mass is 35.5. The SMILES string of the molecule is CCOC(=O)c1ccc(NC(=O)C[C@H]2S/C(=N\N=C(\C)c3ccc(Cl)s3)NC2=O)cc1. The monoisotopic (exact) mass is 478 g/mol. The fraction of sp³-hybridized carbons (Fsp3) is 0.250. The van der Waals surface area contributed by atoms with Crippen LogP contribution in [0.15, 0.2) is 46.6 Å². The molecule has 1 aromatic carbocycles. The van der Waals surface area contributed by atoms with Crippen molar-refractivity contribution in [2.45, 2.75) is 25.5 Å². The van der Waals surface area contributed by atoms with Crippen molar-refractivity contribution in [2.24, 2.45) is 10.2 Å². The molecule has 162 valence electrons. The van der Waals surface area contributed by atoms with Crippen LogP contribution in [0.25, 0.3) is 0 Å². The molecule has 2 amide bonds. The summed E-state index contributed by atoms with van der Waals surface area (Å²) in [5.41, 5.74) is 1.59. The van der Waals surface area contributed by atoms with Gasteiger partial charge in [-0.15, -0.1) is 16.4 Å². The van der Waals surface area contributed by atoms with Gasteiger partial charge in [0.1, 0.15) is 5.25 Å². The van der Waals surface area contributed by atoms with E-state index < -0.39 is 11.2 Å². The van der Waals surface area contributed by atoms with E-state index in [1.165, 1.54) is 11.3 Å². The van der Waals surface area contributed by atoms with Crippen molar-refractivity contribution in [1.29, 1.82) is 0 Å². The molecule has 11 heteroatoms. The predicted octanol–water partition coefficient (Wildman–Crippen LogP) is 3.92. The van der Waals surface area contributed by atoms with Crippen LogP contribution in [0.5, 0.6) is 0 Å². The summed E-state index contributed by atoms with van der Waals surface area (Å²) >= 11 is 8.45. The van der Waals surface area contributed by atoms with Crippen molar-refractivity contribution in [3.8, 4) is 0 Å². The first-order chi connectivity index (χ1) is 14.9. The number of hydrogen-bond donors (Lipinski definition) is 2. The van der Waals surface area contributed by atoms with E-state index in [-0.39, 0.29) is 24.8 Å². The van der Waals surface area contributed by atoms with Gasteiger partial charge in [-0.3, -0.25) is 9.59 Å². The molecule has 1 aliphatic heterocycles. The summed E-state index contributed by atoms with van der Waals surface area (Å²) in [6.45, 7) is 3.82. The Labute approximate surface area is 192 Å². The number of nitrogens with zero attached hydrogens (tertiary/aromatic N) is 2. The number of halogens is 1. The van der Waals surface area contributed by atoms with Gasteiger partial charge in [0.25, 0.3) is 0 Å². The van der Waals surface area contributed by atoms with Gasteiger partial charge in [0.2, 0.25) is 11.8 Å². The first kappa shape index (κ1) is 23.0. The van der Waals surface area contributed by atoms with Crippen LogP contribution in [-0.2, 0) is 14.3 Å². The number of rotatable bonds is 7. The number of benzene rings is 1. The molecule has 2 heterocycles. The summed E-state index contributed by atoms with van der Waals surface area (Å²) in [4.78, 5) is 37.0. The number of amidine groups is 1. The van der Waals surface area contributed by atoms with E-state index >= 15 is 0 Å². The summed E-state index contributed by atoms with van der Waals surface area (Å²) in [6.07, 6.45) is -0.0294. The minimum atomic E-state index is -0.607. The van der Waals surface area contributed by atoms with Gasteiger partial charge >= 0.3 is 5.97 Å². The summed E-state index contributed by atoms with van der Waals surface area (Å²) in [5, 5.41) is 13.3. The zero-order valence-corrected chi connectivity index (χ0v) is 19.1. The maximum Gasteiger partial charge on any atom is 0.338 e. The number of carbonyl (C=O) groups excluding carboxylic acids is 3. The van der Waals surface area contributed by atoms with Gasteiger partial charge in [-0.1, -0.05) is 23.4 Å². The maximum absolute atomic E-state index is 12.3. The van der Waals surface area contributed by atoms with Crippen molar-refractivity contribution in [2.75, 3.05) is 11.9 Å². The van der Waals surface area contributed by atoms with E-state index in [0.29, 0.717) is 26.5 Å². The highest BCUT2D eigenvalue weighted by Crippen LogP contribution is 2.24. The molecule has 3 rings (SSSR count). The van der Waals surface area contributed by atoms with Crippen molar-refractivity contribution >= 4 is 69.0 Å². The average molecular weight is 479 g/mol. The maximum atomic E-state index is 12.3. The van der Waals surface area contributed by atoms with Gasteiger partial charge in [0, 0.05) is 12.1 Å². The molecule has 1 aliphatic rings. The van der Waals surface area contributed by atoms with E-state index in [9.17, 15) is 14.4 Å². The largest absolute Gasteiger partial charge is 0.462 e. The summed E-state index contributed by atoms with van der Waals surface area (Å²) in [6, 6.07) is 9.96. The number of anilines is 1. The molecule has 1 saturated heterocycles. The Kier molecular flexibility index (Phi) is 7.83. The van der Waals surface area contributed by atoms with Gasteiger partial charge in [-0.25, -0.2) is 4.79 Å². The van der Waals surface area contributed by atoms with Crippen LogP contribution >= 0.6 is 34.7 Å². The van der Waals surface area contributed by atoms with Crippen molar-refractivity contribution < 1.29 is 19.1 Å². The zero-order chi connectivity index (χ0) is 22.4. The Balaban J connectivity index is 1.54. The molecule has 0 aliphatic carbocycles. The molecule has 0 radical (unpaired) electrons. The van der Waals surface area contributed by atoms with E-state index in [1.54, 1.807) is 44.2 Å². The third-order valence-corrected chi connectivity index (χ3v) is 6.46. The lowest BCUT2D eigenvalue weighted by Gasteiger charge is -2.08. The summed E-state index contributed by atoms with van der Waals surface area (Å²) in [7, 11) is 0. The molecule has 2 N–H and O–H groups in total. The van der Waals surface area contributed by atoms with Crippen LogP contribution in [0.1, 0.15) is 35.5 Å². The number of esters is 1. The standard InChI is InChI=1S/C20H19ClN4O4S2/c1-3-29-19(28)12-4-6-13(7-5-12)22-17(26)10-15-18(27)23-20(31-15)25-24-11(2)14-8-9-16(21)30-14/h4-9,15H,3,10H2,1-2H3,(H,22,26)(H,23,25,27)/b24-11-/t15-/m1/s1. The minimum Gasteiger partial charge on any atom is -0.462 e. The van der Waals surface area contributed by atoms with Crippen molar-refractivity contribution in [3.63, 3.8) is 0 Å². The zero-order valence-electron chi connectivity index (χ0n) is 16.7. The molecule has 0 bridgehead atoms. The van der Waals surface area contributed by atoms with Crippen LogP contribution < -0.4 is 10.6 Å². The van der Waals surface area contributed by atoms with Gasteiger partial charge in [0.05, 0.1) is 27.1 Å². The Morgan fingerprint density at radius 1 is 1.23 bits per heavy atom. The number of nitrogens with one attached hydrogen (secondary N) is 2. The predicted molar refractivity (Wildman–Crippen MR) is 124 cm³/mol. The lowest BCUT2D eigenvalue weighted by molar-refractivity contribution is -0.122. The number of amides is 2. The molecule has 0 spiro atoms. The Morgan fingerprint density at radius 2 is 1.97 bits per heavy atom. The van der Waals surface area contributed by atoms with Crippen LogP contribution in [0.2, 0.25) is 4.34 Å². The van der Waals surface area contributed by atoms with E-state index in [2.05, 4.69) is 20.8 Å².